The van der Waals surface area contributed by atoms with E-state index in [-0.39, 0.29) is 0 Å². The van der Waals surface area contributed by atoms with Gasteiger partial charge in [0.15, 0.2) is 0 Å². The van der Waals surface area contributed by atoms with Gasteiger partial charge < -0.3 is 14.2 Å². The normalized spacial score (nSPS) is 10.2. The van der Waals surface area contributed by atoms with Crippen molar-refractivity contribution in [1.82, 2.24) is 4.98 Å². The van der Waals surface area contributed by atoms with Crippen LogP contribution in [0, 0.1) is 0 Å². The molecule has 1 heterocycles. The molecule has 0 bridgehead atoms. The van der Waals surface area contributed by atoms with Gasteiger partial charge in [0.1, 0.15) is 12.4 Å². The van der Waals surface area contributed by atoms with Crippen LogP contribution in [-0.4, -0.2) is 18.7 Å². The van der Waals surface area contributed by atoms with E-state index >= 15 is 0 Å². The number of hydrogen-bond donors (Lipinski definition) is 0. The van der Waals surface area contributed by atoms with Crippen LogP contribution in [0.1, 0.15) is 12.5 Å². The van der Waals surface area contributed by atoms with E-state index in [9.17, 15) is 0 Å². The number of aromatic nitrogens is 1. The van der Waals surface area contributed by atoms with Crippen molar-refractivity contribution in [2.75, 3.05) is 13.7 Å². The van der Waals surface area contributed by atoms with Gasteiger partial charge in [-0.05, 0) is 46.6 Å². The fourth-order valence-electron chi connectivity index (χ4n) is 1.60. The van der Waals surface area contributed by atoms with Gasteiger partial charge in [-0.2, -0.15) is 4.98 Å². The van der Waals surface area contributed by atoms with Crippen molar-refractivity contribution in [3.63, 3.8) is 0 Å². The summed E-state index contributed by atoms with van der Waals surface area (Å²) >= 11 is 3.39. The fraction of sp³-hybridized carbons (Fsp3) is 0.267. The highest BCUT2D eigenvalue weighted by atomic mass is 79.9. The third kappa shape index (κ3) is 3.87. The van der Waals surface area contributed by atoms with Gasteiger partial charge in [-0.3, -0.25) is 0 Å². The Bertz CT molecular complexity index is 558. The van der Waals surface area contributed by atoms with Crippen LogP contribution in [0.15, 0.2) is 40.9 Å². The van der Waals surface area contributed by atoms with Crippen molar-refractivity contribution >= 4 is 15.9 Å². The number of rotatable bonds is 6. The lowest BCUT2D eigenvalue weighted by Crippen LogP contribution is -2.00. The van der Waals surface area contributed by atoms with E-state index in [0.29, 0.717) is 25.0 Å². The third-order valence-corrected chi connectivity index (χ3v) is 3.22. The predicted octanol–water partition coefficient (Wildman–Crippen LogP) is 3.83. The van der Waals surface area contributed by atoms with E-state index in [0.717, 1.165) is 15.8 Å². The average Bonchev–Trinajstić information content (AvgIpc) is 2.49. The molecular formula is C15H16BrNO3. The summed E-state index contributed by atoms with van der Waals surface area (Å²) in [7, 11) is 1.65. The van der Waals surface area contributed by atoms with E-state index in [1.54, 1.807) is 13.2 Å². The molecular weight excluding hydrogens is 322 g/mol. The Balaban J connectivity index is 2.00. The molecule has 0 spiro atoms. The first-order valence-electron chi connectivity index (χ1n) is 6.28. The number of halogens is 1. The Morgan fingerprint density at radius 1 is 1.05 bits per heavy atom. The van der Waals surface area contributed by atoms with Gasteiger partial charge in [0.2, 0.25) is 11.8 Å². The second-order valence-corrected chi connectivity index (χ2v) is 4.86. The first-order valence-corrected chi connectivity index (χ1v) is 7.07. The van der Waals surface area contributed by atoms with Gasteiger partial charge in [-0.25, -0.2) is 0 Å². The molecule has 4 nitrogen and oxygen atoms in total. The number of nitrogens with zero attached hydrogens (tertiary/aromatic N) is 1. The number of methoxy groups -OCH3 is 1. The van der Waals surface area contributed by atoms with E-state index in [1.165, 1.54) is 0 Å². The molecule has 1 aromatic carbocycles. The Hall–Kier alpha value is -1.75. The summed E-state index contributed by atoms with van der Waals surface area (Å²) in [6.07, 6.45) is 0. The second kappa shape index (κ2) is 7.14. The summed E-state index contributed by atoms with van der Waals surface area (Å²) in [5.41, 5.74) is 1.05. The average molecular weight is 338 g/mol. The summed E-state index contributed by atoms with van der Waals surface area (Å²) in [6.45, 7) is 2.93. The summed E-state index contributed by atoms with van der Waals surface area (Å²) < 4.78 is 17.0. The molecule has 0 atom stereocenters. The number of benzene rings is 1. The Kier molecular flexibility index (Phi) is 5.24. The zero-order valence-electron chi connectivity index (χ0n) is 11.4. The minimum absolute atomic E-state index is 0.449. The number of ether oxygens (including phenoxy) is 3. The highest BCUT2D eigenvalue weighted by Crippen LogP contribution is 2.25. The molecule has 2 aromatic rings. The van der Waals surface area contributed by atoms with Gasteiger partial charge in [-0.1, -0.05) is 12.1 Å². The van der Waals surface area contributed by atoms with E-state index in [4.69, 9.17) is 14.2 Å². The quantitative estimate of drug-likeness (QED) is 0.803. The minimum Gasteiger partial charge on any atom is -0.497 e. The highest BCUT2D eigenvalue weighted by molar-refractivity contribution is 9.10. The summed E-state index contributed by atoms with van der Waals surface area (Å²) in [6, 6.07) is 11.4. The Morgan fingerprint density at radius 2 is 1.80 bits per heavy atom. The molecule has 0 amide bonds. The fourth-order valence-corrected chi connectivity index (χ4v) is 1.94. The van der Waals surface area contributed by atoms with Crippen molar-refractivity contribution in [2.45, 2.75) is 13.5 Å². The first kappa shape index (κ1) is 14.7. The van der Waals surface area contributed by atoms with Gasteiger partial charge >= 0.3 is 0 Å². The molecule has 0 aliphatic carbocycles. The summed E-state index contributed by atoms with van der Waals surface area (Å²) in [5, 5.41) is 0. The van der Waals surface area contributed by atoms with Crippen LogP contribution in [0.25, 0.3) is 0 Å². The van der Waals surface area contributed by atoms with Crippen molar-refractivity contribution < 1.29 is 14.2 Å². The molecule has 5 heteroatoms. The smallest absolute Gasteiger partial charge is 0.231 e. The van der Waals surface area contributed by atoms with E-state index in [2.05, 4.69) is 20.9 Å². The first-order chi connectivity index (χ1) is 9.72. The third-order valence-electron chi connectivity index (χ3n) is 2.62. The molecule has 0 radical (unpaired) electrons. The maximum Gasteiger partial charge on any atom is 0.231 e. The van der Waals surface area contributed by atoms with Crippen LogP contribution in [0.4, 0.5) is 0 Å². The van der Waals surface area contributed by atoms with Crippen LogP contribution in [0.3, 0.4) is 0 Å². The van der Waals surface area contributed by atoms with Crippen LogP contribution < -0.4 is 14.2 Å². The molecule has 0 aliphatic rings. The largest absolute Gasteiger partial charge is 0.497 e. The molecule has 106 valence electrons. The standard InChI is InChI=1S/C15H16BrNO3/c1-3-19-15-13(16)8-9-14(17-15)20-10-11-4-6-12(18-2)7-5-11/h4-9H,3,10H2,1-2H3. The van der Waals surface area contributed by atoms with Crippen LogP contribution in [-0.2, 0) is 6.61 Å². The van der Waals surface area contributed by atoms with Gasteiger partial charge in [0.05, 0.1) is 18.2 Å². The van der Waals surface area contributed by atoms with Gasteiger partial charge in [-0.15, -0.1) is 0 Å². The van der Waals surface area contributed by atoms with Crippen molar-refractivity contribution in [1.29, 1.82) is 0 Å². The topological polar surface area (TPSA) is 40.6 Å². The van der Waals surface area contributed by atoms with Crippen LogP contribution in [0.2, 0.25) is 0 Å². The number of pyridine rings is 1. The molecule has 20 heavy (non-hydrogen) atoms. The lowest BCUT2D eigenvalue weighted by Gasteiger charge is -2.09. The summed E-state index contributed by atoms with van der Waals surface area (Å²) in [4.78, 5) is 4.29. The Labute approximate surface area is 126 Å². The van der Waals surface area contributed by atoms with Gasteiger partial charge in [0.25, 0.3) is 0 Å². The van der Waals surface area contributed by atoms with Crippen molar-refractivity contribution in [2.24, 2.45) is 0 Å². The molecule has 0 fully saturated rings. The molecule has 0 saturated carbocycles. The summed E-state index contributed by atoms with van der Waals surface area (Å²) in [5.74, 6) is 1.90. The maximum atomic E-state index is 5.65. The van der Waals surface area contributed by atoms with E-state index < -0.39 is 0 Å². The second-order valence-electron chi connectivity index (χ2n) is 4.01. The van der Waals surface area contributed by atoms with Crippen LogP contribution >= 0.6 is 15.9 Å². The molecule has 0 unspecified atom stereocenters. The zero-order chi connectivity index (χ0) is 14.4. The maximum absolute atomic E-state index is 5.65. The van der Waals surface area contributed by atoms with Crippen molar-refractivity contribution in [3.8, 4) is 17.5 Å². The minimum atomic E-state index is 0.449. The lowest BCUT2D eigenvalue weighted by atomic mass is 10.2. The van der Waals surface area contributed by atoms with E-state index in [1.807, 2.05) is 37.3 Å². The van der Waals surface area contributed by atoms with Crippen LogP contribution in [0.5, 0.6) is 17.5 Å². The molecule has 0 saturated heterocycles. The molecule has 2 rings (SSSR count). The highest BCUT2D eigenvalue weighted by Gasteiger charge is 2.05. The molecule has 1 aromatic heterocycles. The zero-order valence-corrected chi connectivity index (χ0v) is 13.0. The SMILES string of the molecule is CCOc1nc(OCc2ccc(OC)cc2)ccc1Br. The number of hydrogen-bond acceptors (Lipinski definition) is 4. The monoisotopic (exact) mass is 337 g/mol. The van der Waals surface area contributed by atoms with Gasteiger partial charge in [0, 0.05) is 6.07 Å². The Morgan fingerprint density at radius 3 is 2.45 bits per heavy atom. The molecule has 0 N–H and O–H groups in total. The van der Waals surface area contributed by atoms with Crippen molar-refractivity contribution in [3.05, 3.63) is 46.4 Å². The molecule has 0 aliphatic heterocycles. The predicted molar refractivity (Wildman–Crippen MR) is 80.4 cm³/mol. The lowest BCUT2D eigenvalue weighted by molar-refractivity contribution is 0.278.